The van der Waals surface area contributed by atoms with Gasteiger partial charge in [0.15, 0.2) is 0 Å². The lowest BCUT2D eigenvalue weighted by molar-refractivity contribution is -0.122. The van der Waals surface area contributed by atoms with E-state index in [4.69, 9.17) is 4.42 Å². The van der Waals surface area contributed by atoms with Crippen LogP contribution in [0.2, 0.25) is 0 Å². The summed E-state index contributed by atoms with van der Waals surface area (Å²) in [6.07, 6.45) is 4.81. The minimum absolute atomic E-state index is 0.118. The summed E-state index contributed by atoms with van der Waals surface area (Å²) in [5.41, 5.74) is -0.118. The predicted molar refractivity (Wildman–Crippen MR) is 58.7 cm³/mol. The molecule has 16 heavy (non-hydrogen) atoms. The van der Waals surface area contributed by atoms with Gasteiger partial charge in [-0.2, -0.15) is 0 Å². The van der Waals surface area contributed by atoms with Crippen LogP contribution in [0.4, 0.5) is 0 Å². The Morgan fingerprint density at radius 3 is 3.25 bits per heavy atom. The van der Waals surface area contributed by atoms with Gasteiger partial charge in [0.1, 0.15) is 11.3 Å². The molecule has 0 radical (unpaired) electrons. The van der Waals surface area contributed by atoms with Crippen LogP contribution < -0.4 is 5.32 Å². The molecule has 86 valence electrons. The number of rotatable bonds is 4. The number of likely N-dealkylation sites (N-methyl/N-ethyl adjacent to an activating group) is 1. The minimum Gasteiger partial charge on any atom is -0.467 e. The molecule has 0 bridgehead atoms. The Morgan fingerprint density at radius 1 is 1.75 bits per heavy atom. The second-order valence-electron chi connectivity index (χ2n) is 4.76. The zero-order valence-corrected chi connectivity index (χ0v) is 9.35. The topological polar surface area (TPSA) is 45.5 Å². The Labute approximate surface area is 94.6 Å². The summed E-state index contributed by atoms with van der Waals surface area (Å²) in [4.78, 5) is 13.2. The fourth-order valence-electron chi connectivity index (χ4n) is 3.23. The molecule has 1 aromatic rings. The molecular weight excluding hydrogens is 204 g/mol. The highest BCUT2D eigenvalue weighted by atomic mass is 16.3. The molecule has 1 aromatic heterocycles. The summed E-state index contributed by atoms with van der Waals surface area (Å²) in [7, 11) is 1.92. The molecule has 0 spiro atoms. The van der Waals surface area contributed by atoms with Crippen molar-refractivity contribution in [2.24, 2.45) is 5.92 Å². The van der Waals surface area contributed by atoms with Crippen LogP contribution in [-0.4, -0.2) is 30.9 Å². The molecule has 4 heteroatoms. The minimum atomic E-state index is -0.118. The smallest absolute Gasteiger partial charge is 0.210 e. The van der Waals surface area contributed by atoms with E-state index in [1.807, 2.05) is 24.1 Å². The lowest BCUT2D eigenvalue weighted by atomic mass is 10.1. The number of carbonyl (C=O) groups excluding carboxylic acids is 1. The lowest BCUT2D eigenvalue weighted by Crippen LogP contribution is -2.42. The van der Waals surface area contributed by atoms with Crippen LogP contribution in [0.3, 0.4) is 0 Å². The molecule has 1 aliphatic heterocycles. The summed E-state index contributed by atoms with van der Waals surface area (Å²) in [6.45, 7) is 0.859. The van der Waals surface area contributed by atoms with Gasteiger partial charge in [0.25, 0.3) is 0 Å². The van der Waals surface area contributed by atoms with E-state index in [2.05, 4.69) is 5.32 Å². The molecule has 0 aromatic carbocycles. The van der Waals surface area contributed by atoms with Gasteiger partial charge in [0.05, 0.1) is 6.26 Å². The van der Waals surface area contributed by atoms with Gasteiger partial charge in [-0.05, 0) is 37.9 Å². The fraction of sp³-hybridized carbons (Fsp3) is 0.583. The molecule has 1 amide bonds. The van der Waals surface area contributed by atoms with Crippen molar-refractivity contribution in [3.05, 3.63) is 24.2 Å². The number of piperidine rings is 1. The van der Waals surface area contributed by atoms with Crippen LogP contribution >= 0.6 is 0 Å². The molecule has 1 N–H and O–H groups in total. The predicted octanol–water partition coefficient (Wildman–Crippen LogP) is 0.945. The van der Waals surface area contributed by atoms with E-state index in [1.54, 1.807) is 6.26 Å². The summed E-state index contributed by atoms with van der Waals surface area (Å²) < 4.78 is 5.50. The molecule has 3 unspecified atom stereocenters. The van der Waals surface area contributed by atoms with Crippen molar-refractivity contribution < 1.29 is 9.21 Å². The number of fused-ring (bicyclic) bond motifs is 1. The SMILES string of the molecule is CNCC1CC2CC2(c2ccco2)N1C=O. The van der Waals surface area contributed by atoms with Crippen LogP contribution in [0.5, 0.6) is 0 Å². The molecule has 4 nitrogen and oxygen atoms in total. The van der Waals surface area contributed by atoms with Crippen molar-refractivity contribution in [2.45, 2.75) is 24.4 Å². The highest BCUT2D eigenvalue weighted by Crippen LogP contribution is 2.63. The van der Waals surface area contributed by atoms with Crippen LogP contribution in [-0.2, 0) is 10.3 Å². The zero-order valence-electron chi connectivity index (χ0n) is 9.35. The van der Waals surface area contributed by atoms with E-state index in [0.717, 1.165) is 31.6 Å². The lowest BCUT2D eigenvalue weighted by Gasteiger charge is -2.29. The Bertz CT molecular complexity index is 390. The zero-order chi connectivity index (χ0) is 11.2. The third kappa shape index (κ3) is 1.11. The van der Waals surface area contributed by atoms with E-state index >= 15 is 0 Å². The van der Waals surface area contributed by atoms with Gasteiger partial charge in [0.2, 0.25) is 6.41 Å². The Morgan fingerprint density at radius 2 is 2.62 bits per heavy atom. The maximum atomic E-state index is 11.3. The Balaban J connectivity index is 1.90. The maximum Gasteiger partial charge on any atom is 0.210 e. The van der Waals surface area contributed by atoms with Crippen LogP contribution in [0.1, 0.15) is 18.6 Å². The van der Waals surface area contributed by atoms with Crippen molar-refractivity contribution in [1.82, 2.24) is 10.2 Å². The van der Waals surface area contributed by atoms with Crippen LogP contribution in [0.25, 0.3) is 0 Å². The molecular formula is C12H16N2O2. The van der Waals surface area contributed by atoms with Crippen molar-refractivity contribution in [1.29, 1.82) is 0 Å². The van der Waals surface area contributed by atoms with E-state index < -0.39 is 0 Å². The van der Waals surface area contributed by atoms with Gasteiger partial charge in [0, 0.05) is 12.6 Å². The third-order valence-electron chi connectivity index (χ3n) is 3.98. The van der Waals surface area contributed by atoms with Crippen molar-refractivity contribution in [2.75, 3.05) is 13.6 Å². The van der Waals surface area contributed by atoms with Crippen molar-refractivity contribution in [3.8, 4) is 0 Å². The number of amides is 1. The maximum absolute atomic E-state index is 11.3. The standard InChI is InChI=1S/C12H16N2O2/c1-13-7-10-5-9-6-12(9,14(10)8-15)11-3-2-4-16-11/h2-4,8-10,13H,5-7H2,1H3. The number of likely N-dealkylation sites (tertiary alicyclic amines) is 1. The summed E-state index contributed by atoms with van der Waals surface area (Å²) in [5, 5.41) is 3.15. The first-order valence-corrected chi connectivity index (χ1v) is 5.75. The molecule has 2 aliphatic rings. The summed E-state index contributed by atoms with van der Waals surface area (Å²) >= 11 is 0. The molecule has 2 fully saturated rings. The summed E-state index contributed by atoms with van der Waals surface area (Å²) in [5.74, 6) is 1.53. The molecule has 1 saturated carbocycles. The average molecular weight is 220 g/mol. The normalized spacial score (nSPS) is 36.2. The Hall–Kier alpha value is -1.29. The van der Waals surface area contributed by atoms with Gasteiger partial charge < -0.3 is 14.6 Å². The van der Waals surface area contributed by atoms with Gasteiger partial charge in [-0.3, -0.25) is 4.79 Å². The van der Waals surface area contributed by atoms with Gasteiger partial charge >= 0.3 is 0 Å². The van der Waals surface area contributed by atoms with Crippen molar-refractivity contribution in [3.63, 3.8) is 0 Å². The first-order chi connectivity index (χ1) is 7.82. The monoisotopic (exact) mass is 220 g/mol. The van der Waals surface area contributed by atoms with Crippen LogP contribution in [0, 0.1) is 5.92 Å². The first kappa shape index (κ1) is 9.90. The number of nitrogens with one attached hydrogen (secondary N) is 1. The second kappa shape index (κ2) is 3.35. The number of carbonyl (C=O) groups is 1. The van der Waals surface area contributed by atoms with Gasteiger partial charge in [-0.1, -0.05) is 0 Å². The van der Waals surface area contributed by atoms with E-state index in [-0.39, 0.29) is 5.54 Å². The molecule has 1 saturated heterocycles. The number of hydrogen-bond acceptors (Lipinski definition) is 3. The van der Waals surface area contributed by atoms with Gasteiger partial charge in [-0.25, -0.2) is 0 Å². The Kier molecular flexibility index (Phi) is 2.07. The average Bonchev–Trinajstić information content (AvgIpc) is 2.70. The highest BCUT2D eigenvalue weighted by molar-refractivity contribution is 5.55. The van der Waals surface area contributed by atoms with E-state index in [9.17, 15) is 4.79 Å². The molecule has 3 rings (SSSR count). The largest absolute Gasteiger partial charge is 0.467 e. The molecule has 1 aliphatic carbocycles. The van der Waals surface area contributed by atoms with Gasteiger partial charge in [-0.15, -0.1) is 0 Å². The number of hydrogen-bond donors (Lipinski definition) is 1. The van der Waals surface area contributed by atoms with Crippen LogP contribution in [0.15, 0.2) is 22.8 Å². The van der Waals surface area contributed by atoms with E-state index in [1.165, 1.54) is 0 Å². The number of furan rings is 1. The van der Waals surface area contributed by atoms with Crippen molar-refractivity contribution >= 4 is 6.41 Å². The highest BCUT2D eigenvalue weighted by Gasteiger charge is 2.67. The first-order valence-electron chi connectivity index (χ1n) is 5.75. The summed E-state index contributed by atoms with van der Waals surface area (Å²) in [6, 6.07) is 4.19. The number of nitrogens with zero attached hydrogens (tertiary/aromatic N) is 1. The second-order valence-corrected chi connectivity index (χ2v) is 4.76. The molecule has 3 atom stereocenters. The molecule has 2 heterocycles. The van der Waals surface area contributed by atoms with E-state index in [0.29, 0.717) is 12.0 Å². The third-order valence-corrected chi connectivity index (χ3v) is 3.98. The quantitative estimate of drug-likeness (QED) is 0.768. The fourth-order valence-corrected chi connectivity index (χ4v) is 3.23.